The highest BCUT2D eigenvalue weighted by molar-refractivity contribution is 6.45. The fourth-order valence-electron chi connectivity index (χ4n) is 1.79. The molecule has 0 amide bonds. The van der Waals surface area contributed by atoms with E-state index < -0.39 is 0 Å². The number of halogens is 6. The molecule has 1 aliphatic rings. The van der Waals surface area contributed by atoms with Gasteiger partial charge in [-0.1, -0.05) is 69.6 Å². The Balaban J connectivity index is 2.43. The molecule has 1 aliphatic carbocycles. The van der Waals surface area contributed by atoms with Crippen LogP contribution in [0.25, 0.3) is 0 Å². The van der Waals surface area contributed by atoms with Gasteiger partial charge in [0.05, 0.1) is 20.1 Å². The van der Waals surface area contributed by atoms with Crippen molar-refractivity contribution in [3.05, 3.63) is 47.9 Å². The van der Waals surface area contributed by atoms with Crippen molar-refractivity contribution in [3.63, 3.8) is 0 Å². The van der Waals surface area contributed by atoms with Gasteiger partial charge >= 0.3 is 0 Å². The average molecular weight is 379 g/mol. The number of benzene rings is 1. The standard InChI is InChI=1S/C12H6Cl6O/c13-6-2-7(14)10(17)4(6)1-5-11(18)8(15)3-9(16)12(5)19/h2-4,19H,1H2. The third kappa shape index (κ3) is 2.97. The van der Waals surface area contributed by atoms with Gasteiger partial charge < -0.3 is 5.11 Å². The lowest BCUT2D eigenvalue weighted by Gasteiger charge is -2.15. The zero-order valence-corrected chi connectivity index (χ0v) is 13.7. The van der Waals surface area contributed by atoms with Gasteiger partial charge in [-0.15, -0.1) is 0 Å². The Morgan fingerprint density at radius 1 is 1.00 bits per heavy atom. The van der Waals surface area contributed by atoms with Crippen LogP contribution in [-0.4, -0.2) is 5.11 Å². The summed E-state index contributed by atoms with van der Waals surface area (Å²) >= 11 is 35.9. The molecule has 0 aliphatic heterocycles. The summed E-state index contributed by atoms with van der Waals surface area (Å²) in [4.78, 5) is 0. The van der Waals surface area contributed by atoms with Crippen LogP contribution in [0.5, 0.6) is 5.75 Å². The SMILES string of the molecule is Oc1c(Cl)cc(Cl)c(Cl)c1CC1C(Cl)=CC(Cl)=C1Cl. The van der Waals surface area contributed by atoms with Crippen LogP contribution >= 0.6 is 69.6 Å². The minimum absolute atomic E-state index is 0.119. The Bertz CT molecular complexity index is 578. The van der Waals surface area contributed by atoms with Crippen LogP contribution in [0, 0.1) is 5.92 Å². The van der Waals surface area contributed by atoms with E-state index in [0.717, 1.165) is 0 Å². The molecule has 0 radical (unpaired) electrons. The number of phenolic OH excluding ortho intramolecular Hbond substituents is 1. The van der Waals surface area contributed by atoms with E-state index in [0.29, 0.717) is 20.7 Å². The molecule has 19 heavy (non-hydrogen) atoms. The van der Waals surface area contributed by atoms with Crippen LogP contribution in [0.3, 0.4) is 0 Å². The van der Waals surface area contributed by atoms with Gasteiger partial charge in [-0.3, -0.25) is 0 Å². The Morgan fingerprint density at radius 2 is 1.63 bits per heavy atom. The molecular formula is C12H6Cl6O. The zero-order valence-electron chi connectivity index (χ0n) is 9.15. The summed E-state index contributed by atoms with van der Waals surface area (Å²) in [6, 6.07) is 1.38. The topological polar surface area (TPSA) is 20.2 Å². The monoisotopic (exact) mass is 376 g/mol. The van der Waals surface area contributed by atoms with E-state index in [2.05, 4.69) is 0 Å². The third-order valence-corrected chi connectivity index (χ3v) is 5.14. The van der Waals surface area contributed by atoms with Gasteiger partial charge in [0.1, 0.15) is 5.75 Å². The lowest BCUT2D eigenvalue weighted by molar-refractivity contribution is 0.466. The number of phenols is 1. The Kier molecular flexibility index (Phi) is 4.88. The molecule has 0 bridgehead atoms. The van der Waals surface area contributed by atoms with Crippen LogP contribution in [0.4, 0.5) is 0 Å². The van der Waals surface area contributed by atoms with Crippen molar-refractivity contribution >= 4 is 69.6 Å². The molecule has 0 spiro atoms. The predicted molar refractivity (Wildman–Crippen MR) is 83.0 cm³/mol. The number of hydrogen-bond donors (Lipinski definition) is 1. The van der Waals surface area contributed by atoms with Crippen LogP contribution in [0.15, 0.2) is 27.2 Å². The van der Waals surface area contributed by atoms with E-state index in [1.54, 1.807) is 6.08 Å². The maximum absolute atomic E-state index is 9.97. The Hall–Kier alpha value is 0.240. The van der Waals surface area contributed by atoms with Crippen LogP contribution in [0.2, 0.25) is 15.1 Å². The smallest absolute Gasteiger partial charge is 0.138 e. The molecule has 1 unspecified atom stereocenters. The third-order valence-electron chi connectivity index (χ3n) is 2.78. The summed E-state index contributed by atoms with van der Waals surface area (Å²) in [5.74, 6) is -0.484. The van der Waals surface area contributed by atoms with Crippen molar-refractivity contribution in [1.29, 1.82) is 0 Å². The van der Waals surface area contributed by atoms with Gasteiger partial charge in [0, 0.05) is 21.5 Å². The van der Waals surface area contributed by atoms with Gasteiger partial charge in [-0.05, 0) is 18.6 Å². The van der Waals surface area contributed by atoms with Crippen molar-refractivity contribution in [1.82, 2.24) is 0 Å². The minimum atomic E-state index is -0.353. The van der Waals surface area contributed by atoms with E-state index >= 15 is 0 Å². The second-order valence-corrected chi connectivity index (χ2v) is 6.41. The number of hydrogen-bond acceptors (Lipinski definition) is 1. The van der Waals surface area contributed by atoms with Gasteiger partial charge in [-0.25, -0.2) is 0 Å². The second-order valence-electron chi connectivity index (χ2n) is 3.96. The summed E-state index contributed by atoms with van der Waals surface area (Å²) in [6.45, 7) is 0. The summed E-state index contributed by atoms with van der Waals surface area (Å²) in [5, 5.41) is 11.8. The molecular weight excluding hydrogens is 373 g/mol. The number of rotatable bonds is 2. The number of aromatic hydroxyl groups is 1. The zero-order chi connectivity index (χ0) is 14.3. The molecule has 0 fully saturated rings. The normalized spacial score (nSPS) is 19.1. The fraction of sp³-hybridized carbons (Fsp3) is 0.167. The average Bonchev–Trinajstić information content (AvgIpc) is 2.58. The molecule has 0 saturated carbocycles. The molecule has 102 valence electrons. The highest BCUT2D eigenvalue weighted by Crippen LogP contribution is 2.45. The first-order valence-electron chi connectivity index (χ1n) is 5.10. The lowest BCUT2D eigenvalue weighted by Crippen LogP contribution is -2.04. The van der Waals surface area contributed by atoms with Gasteiger partial charge in [0.15, 0.2) is 0 Å². The van der Waals surface area contributed by atoms with E-state index in [9.17, 15) is 5.11 Å². The van der Waals surface area contributed by atoms with Crippen molar-refractivity contribution in [3.8, 4) is 5.75 Å². The largest absolute Gasteiger partial charge is 0.506 e. The Labute approximate surface area is 140 Å². The molecule has 0 aromatic heterocycles. The van der Waals surface area contributed by atoms with Crippen molar-refractivity contribution in [2.45, 2.75) is 6.42 Å². The predicted octanol–water partition coefficient (Wildman–Crippen LogP) is 6.34. The van der Waals surface area contributed by atoms with E-state index in [-0.39, 0.29) is 33.2 Å². The molecule has 1 nitrogen and oxygen atoms in total. The van der Waals surface area contributed by atoms with E-state index in [1.165, 1.54) is 6.07 Å². The molecule has 7 heteroatoms. The van der Waals surface area contributed by atoms with Crippen LogP contribution in [0.1, 0.15) is 5.56 Å². The van der Waals surface area contributed by atoms with Crippen LogP contribution in [-0.2, 0) is 6.42 Å². The minimum Gasteiger partial charge on any atom is -0.506 e. The van der Waals surface area contributed by atoms with Crippen LogP contribution < -0.4 is 0 Å². The molecule has 0 saturated heterocycles. The molecule has 1 aromatic carbocycles. The van der Waals surface area contributed by atoms with Crippen molar-refractivity contribution in [2.75, 3.05) is 0 Å². The highest BCUT2D eigenvalue weighted by atomic mass is 35.5. The Morgan fingerprint density at radius 3 is 2.16 bits per heavy atom. The first kappa shape index (κ1) is 15.6. The maximum atomic E-state index is 9.97. The van der Waals surface area contributed by atoms with Crippen molar-refractivity contribution in [2.24, 2.45) is 5.92 Å². The fourth-order valence-corrected chi connectivity index (χ4v) is 3.42. The molecule has 1 N–H and O–H groups in total. The summed E-state index contributed by atoms with van der Waals surface area (Å²) in [5.41, 5.74) is 0.389. The summed E-state index contributed by atoms with van der Waals surface area (Å²) in [7, 11) is 0. The van der Waals surface area contributed by atoms with Gasteiger partial charge in [-0.2, -0.15) is 0 Å². The first-order valence-corrected chi connectivity index (χ1v) is 7.37. The molecule has 0 heterocycles. The maximum Gasteiger partial charge on any atom is 0.138 e. The molecule has 1 aromatic rings. The lowest BCUT2D eigenvalue weighted by atomic mass is 9.99. The quantitative estimate of drug-likeness (QED) is 0.595. The summed E-state index contributed by atoms with van der Waals surface area (Å²) in [6.07, 6.45) is 1.82. The molecule has 2 rings (SSSR count). The summed E-state index contributed by atoms with van der Waals surface area (Å²) < 4.78 is 0. The second kappa shape index (κ2) is 5.93. The van der Waals surface area contributed by atoms with E-state index in [1.807, 2.05) is 0 Å². The van der Waals surface area contributed by atoms with Gasteiger partial charge in [0.2, 0.25) is 0 Å². The highest BCUT2D eigenvalue weighted by Gasteiger charge is 2.28. The first-order chi connectivity index (χ1) is 8.82. The van der Waals surface area contributed by atoms with Gasteiger partial charge in [0.25, 0.3) is 0 Å². The van der Waals surface area contributed by atoms with E-state index in [4.69, 9.17) is 69.6 Å². The number of allylic oxidation sites excluding steroid dienone is 4. The van der Waals surface area contributed by atoms with Crippen molar-refractivity contribution < 1.29 is 5.11 Å². The molecule has 1 atom stereocenters.